The van der Waals surface area contributed by atoms with Crippen LogP contribution in [0.25, 0.3) is 0 Å². The van der Waals surface area contributed by atoms with Crippen LogP contribution in [-0.2, 0) is 16.1 Å². The summed E-state index contributed by atoms with van der Waals surface area (Å²) < 4.78 is 11.0. The monoisotopic (exact) mass is 268 g/mol. The fraction of sp³-hybridized carbons (Fsp3) is 0.643. The topological polar surface area (TPSA) is 77.5 Å². The van der Waals surface area contributed by atoms with E-state index in [1.54, 1.807) is 19.3 Å². The van der Waals surface area contributed by atoms with E-state index in [1.165, 1.54) is 0 Å². The Labute approximate surface area is 114 Å². The van der Waals surface area contributed by atoms with Crippen molar-refractivity contribution >= 4 is 5.91 Å². The fourth-order valence-electron chi connectivity index (χ4n) is 1.91. The Balaban J connectivity index is 2.47. The number of nitrogens with one attached hydrogen (secondary N) is 1. The second kappa shape index (κ2) is 7.31. The summed E-state index contributed by atoms with van der Waals surface area (Å²) in [4.78, 5) is 11.9. The zero-order valence-electron chi connectivity index (χ0n) is 11.9. The van der Waals surface area contributed by atoms with Gasteiger partial charge in [-0.1, -0.05) is 13.8 Å². The maximum absolute atomic E-state index is 11.9. The second-order valence-electron chi connectivity index (χ2n) is 4.65. The van der Waals surface area contributed by atoms with Crippen LogP contribution in [0, 0.1) is 0 Å². The number of carbonyl (C=O) groups excluding carboxylic acids is 1. The van der Waals surface area contributed by atoms with Gasteiger partial charge in [-0.3, -0.25) is 4.79 Å². The Hall–Kier alpha value is -1.33. The van der Waals surface area contributed by atoms with Crippen molar-refractivity contribution in [3.8, 4) is 0 Å². The summed E-state index contributed by atoms with van der Waals surface area (Å²) in [5.74, 6) is 0.563. The molecule has 0 saturated carbocycles. The number of nitrogens with two attached hydrogens (primary N) is 1. The molecule has 0 aliphatic heterocycles. The van der Waals surface area contributed by atoms with Crippen LogP contribution in [0.2, 0.25) is 0 Å². The van der Waals surface area contributed by atoms with Crippen LogP contribution in [-0.4, -0.2) is 24.2 Å². The minimum Gasteiger partial charge on any atom is -0.467 e. The van der Waals surface area contributed by atoms with Crippen LogP contribution in [0.3, 0.4) is 0 Å². The summed E-state index contributed by atoms with van der Waals surface area (Å²) in [5, 5.41) is 2.78. The number of ether oxygens (including phenoxy) is 1. The predicted molar refractivity (Wildman–Crippen MR) is 73.5 cm³/mol. The molecular formula is C14H24N2O3. The van der Waals surface area contributed by atoms with E-state index in [0.717, 1.165) is 18.6 Å². The summed E-state index contributed by atoms with van der Waals surface area (Å²) in [6.07, 6.45) is 2.62. The van der Waals surface area contributed by atoms with Crippen molar-refractivity contribution in [1.29, 1.82) is 0 Å². The number of rotatable bonds is 8. The second-order valence-corrected chi connectivity index (χ2v) is 4.65. The molecule has 0 spiro atoms. The minimum absolute atomic E-state index is 0.156. The molecule has 108 valence electrons. The van der Waals surface area contributed by atoms with Gasteiger partial charge in [-0.05, 0) is 31.9 Å². The van der Waals surface area contributed by atoms with Gasteiger partial charge in [0.1, 0.15) is 11.9 Å². The van der Waals surface area contributed by atoms with Gasteiger partial charge in [-0.25, -0.2) is 0 Å². The van der Waals surface area contributed by atoms with Crippen molar-refractivity contribution in [2.24, 2.45) is 5.73 Å². The molecule has 1 aromatic rings. The van der Waals surface area contributed by atoms with Crippen LogP contribution in [0.1, 0.15) is 39.4 Å². The summed E-state index contributed by atoms with van der Waals surface area (Å²) >= 11 is 0. The average molecular weight is 268 g/mol. The van der Waals surface area contributed by atoms with Gasteiger partial charge in [0, 0.05) is 6.54 Å². The Morgan fingerprint density at radius 2 is 2.21 bits per heavy atom. The maximum atomic E-state index is 11.9. The summed E-state index contributed by atoms with van der Waals surface area (Å²) in [7, 11) is 0. The first kappa shape index (κ1) is 15.7. The van der Waals surface area contributed by atoms with Gasteiger partial charge < -0.3 is 20.2 Å². The largest absolute Gasteiger partial charge is 0.467 e. The lowest BCUT2D eigenvalue weighted by molar-refractivity contribution is -0.146. The van der Waals surface area contributed by atoms with E-state index in [2.05, 4.69) is 5.32 Å². The Kier molecular flexibility index (Phi) is 6.05. The zero-order chi connectivity index (χ0) is 14.3. The first-order valence-corrected chi connectivity index (χ1v) is 6.75. The molecule has 1 aromatic heterocycles. The lowest BCUT2D eigenvalue weighted by atomic mass is 9.97. The molecule has 1 rings (SSSR count). The molecule has 0 radical (unpaired) electrons. The summed E-state index contributed by atoms with van der Waals surface area (Å²) in [6, 6.07) is 3.60. The molecule has 5 heteroatoms. The lowest BCUT2D eigenvalue weighted by Crippen LogP contribution is -2.46. The molecule has 1 amide bonds. The Bertz CT molecular complexity index is 364. The number of hydrogen-bond acceptors (Lipinski definition) is 4. The van der Waals surface area contributed by atoms with Gasteiger partial charge in [-0.15, -0.1) is 0 Å². The highest BCUT2D eigenvalue weighted by Gasteiger charge is 2.30. The smallest absolute Gasteiger partial charge is 0.249 e. The van der Waals surface area contributed by atoms with Crippen LogP contribution in [0.15, 0.2) is 22.8 Å². The van der Waals surface area contributed by atoms with Crippen molar-refractivity contribution in [2.75, 3.05) is 6.54 Å². The van der Waals surface area contributed by atoms with E-state index >= 15 is 0 Å². The van der Waals surface area contributed by atoms with Gasteiger partial charge in [-0.2, -0.15) is 0 Å². The maximum Gasteiger partial charge on any atom is 0.249 e. The molecule has 0 saturated heterocycles. The van der Waals surface area contributed by atoms with Crippen LogP contribution in [0.4, 0.5) is 0 Å². The van der Waals surface area contributed by atoms with Crippen molar-refractivity contribution < 1.29 is 13.9 Å². The molecule has 19 heavy (non-hydrogen) atoms. The molecule has 0 aromatic carbocycles. The Morgan fingerprint density at radius 3 is 2.68 bits per heavy atom. The van der Waals surface area contributed by atoms with Gasteiger partial charge in [0.15, 0.2) is 0 Å². The predicted octanol–water partition coefficient (Wildman–Crippen LogP) is 1.82. The van der Waals surface area contributed by atoms with E-state index in [0.29, 0.717) is 13.1 Å². The van der Waals surface area contributed by atoms with E-state index in [9.17, 15) is 4.79 Å². The molecule has 1 unspecified atom stereocenters. The van der Waals surface area contributed by atoms with Crippen LogP contribution < -0.4 is 11.1 Å². The molecule has 0 aliphatic rings. The molecule has 1 atom stereocenters. The standard InChI is InChI=1S/C14H24N2O3/c1-4-14(5-2,10-15)19-11(3)13(17)16-9-12-7-6-8-18-12/h6-8,11H,4-5,9-10,15H2,1-3H3,(H,16,17). The number of amides is 1. The van der Waals surface area contributed by atoms with E-state index in [-0.39, 0.29) is 5.91 Å². The quantitative estimate of drug-likeness (QED) is 0.754. The third-order valence-corrected chi connectivity index (χ3v) is 3.47. The summed E-state index contributed by atoms with van der Waals surface area (Å²) in [5.41, 5.74) is 5.34. The van der Waals surface area contributed by atoms with Crippen LogP contribution >= 0.6 is 0 Å². The highest BCUT2D eigenvalue weighted by atomic mass is 16.5. The first-order valence-electron chi connectivity index (χ1n) is 6.75. The zero-order valence-corrected chi connectivity index (χ0v) is 11.9. The van der Waals surface area contributed by atoms with Gasteiger partial charge in [0.2, 0.25) is 5.91 Å². The van der Waals surface area contributed by atoms with E-state index in [1.807, 2.05) is 19.9 Å². The highest BCUT2D eigenvalue weighted by molar-refractivity contribution is 5.80. The molecule has 3 N–H and O–H groups in total. The molecular weight excluding hydrogens is 244 g/mol. The number of furan rings is 1. The third-order valence-electron chi connectivity index (χ3n) is 3.47. The molecule has 0 aliphatic carbocycles. The van der Waals surface area contributed by atoms with E-state index < -0.39 is 11.7 Å². The van der Waals surface area contributed by atoms with Crippen molar-refractivity contribution in [2.45, 2.75) is 51.9 Å². The lowest BCUT2D eigenvalue weighted by Gasteiger charge is -2.33. The molecule has 0 bridgehead atoms. The van der Waals surface area contributed by atoms with Crippen molar-refractivity contribution in [3.05, 3.63) is 24.2 Å². The van der Waals surface area contributed by atoms with Gasteiger partial charge in [0.05, 0.1) is 18.4 Å². The van der Waals surface area contributed by atoms with Crippen molar-refractivity contribution in [3.63, 3.8) is 0 Å². The molecule has 5 nitrogen and oxygen atoms in total. The number of carbonyl (C=O) groups is 1. The van der Waals surface area contributed by atoms with Gasteiger partial charge in [0.25, 0.3) is 0 Å². The minimum atomic E-state index is -0.529. The average Bonchev–Trinajstić information content (AvgIpc) is 2.95. The normalized spacial score (nSPS) is 13.3. The Morgan fingerprint density at radius 1 is 1.53 bits per heavy atom. The first-order chi connectivity index (χ1) is 9.06. The SMILES string of the molecule is CCC(CC)(CN)OC(C)C(=O)NCc1ccco1. The molecule has 1 heterocycles. The van der Waals surface area contributed by atoms with Crippen molar-refractivity contribution in [1.82, 2.24) is 5.32 Å². The molecule has 0 fully saturated rings. The number of hydrogen-bond donors (Lipinski definition) is 2. The third kappa shape index (κ3) is 4.36. The highest BCUT2D eigenvalue weighted by Crippen LogP contribution is 2.21. The summed E-state index contributed by atoms with van der Waals surface area (Å²) in [6.45, 7) is 6.56. The van der Waals surface area contributed by atoms with E-state index in [4.69, 9.17) is 14.9 Å². The fourth-order valence-corrected chi connectivity index (χ4v) is 1.91. The van der Waals surface area contributed by atoms with Crippen LogP contribution in [0.5, 0.6) is 0 Å². The van der Waals surface area contributed by atoms with Gasteiger partial charge >= 0.3 is 0 Å².